The van der Waals surface area contributed by atoms with Gasteiger partial charge in [0.05, 0.1) is 17.1 Å². The molecule has 0 aliphatic heterocycles. The van der Waals surface area contributed by atoms with Crippen molar-refractivity contribution in [2.75, 3.05) is 6.61 Å². The highest BCUT2D eigenvalue weighted by atomic mass is 16.2. The lowest BCUT2D eigenvalue weighted by Gasteiger charge is -2.18. The number of nitrogens with one attached hydrogen (secondary N) is 1. The number of aromatic amines is 1. The molecule has 0 radical (unpaired) electrons. The maximum absolute atomic E-state index is 8.84. The molecule has 2 aromatic rings. The Morgan fingerprint density at radius 2 is 2.11 bits per heavy atom. The fraction of sp³-hybridized carbons (Fsp3) is 0.533. The van der Waals surface area contributed by atoms with Crippen molar-refractivity contribution in [2.24, 2.45) is 5.73 Å². The van der Waals surface area contributed by atoms with E-state index in [1.165, 1.54) is 5.56 Å². The van der Waals surface area contributed by atoms with Crippen molar-refractivity contribution in [3.8, 4) is 0 Å². The van der Waals surface area contributed by atoms with E-state index in [1.807, 2.05) is 0 Å². The predicted molar refractivity (Wildman–Crippen MR) is 78.0 cm³/mol. The number of rotatable bonds is 4. The third-order valence-corrected chi connectivity index (χ3v) is 3.39. The third-order valence-electron chi connectivity index (χ3n) is 3.39. The van der Waals surface area contributed by atoms with Gasteiger partial charge in [0.15, 0.2) is 0 Å². The first-order chi connectivity index (χ1) is 8.91. The molecule has 2 rings (SSSR count). The zero-order valence-electron chi connectivity index (χ0n) is 11.9. The van der Waals surface area contributed by atoms with Crippen molar-refractivity contribution >= 4 is 11.0 Å². The minimum absolute atomic E-state index is 0.117. The van der Waals surface area contributed by atoms with Crippen LogP contribution in [0.25, 0.3) is 11.0 Å². The number of aliphatic hydroxyl groups excluding tert-OH is 1. The monoisotopic (exact) mass is 261 g/mol. The molecule has 104 valence electrons. The van der Waals surface area contributed by atoms with Gasteiger partial charge in [-0.2, -0.15) is 0 Å². The summed E-state index contributed by atoms with van der Waals surface area (Å²) in [6.07, 6.45) is 1.44. The molecule has 1 aromatic heterocycles. The van der Waals surface area contributed by atoms with Gasteiger partial charge in [0.25, 0.3) is 0 Å². The first-order valence-corrected chi connectivity index (χ1v) is 6.78. The van der Waals surface area contributed by atoms with Gasteiger partial charge in [0, 0.05) is 6.61 Å². The Morgan fingerprint density at radius 1 is 1.37 bits per heavy atom. The van der Waals surface area contributed by atoms with Gasteiger partial charge < -0.3 is 15.8 Å². The summed E-state index contributed by atoms with van der Waals surface area (Å²) in [6.45, 7) is 6.74. The number of aliphatic hydroxyl groups is 1. The van der Waals surface area contributed by atoms with Gasteiger partial charge in [-0.3, -0.25) is 0 Å². The molecule has 4 heteroatoms. The first kappa shape index (κ1) is 14.0. The number of fused-ring (bicyclic) bond motifs is 1. The van der Waals surface area contributed by atoms with Crippen molar-refractivity contribution in [1.29, 1.82) is 0 Å². The van der Waals surface area contributed by atoms with Crippen molar-refractivity contribution in [2.45, 2.75) is 45.1 Å². The van der Waals surface area contributed by atoms with Crippen LogP contribution in [-0.4, -0.2) is 21.7 Å². The number of imidazole rings is 1. The first-order valence-electron chi connectivity index (χ1n) is 6.78. The SMILES string of the molecule is CC(C)(C)c1ccc2[nH]c([C@@H](N)CCCO)nc2c1. The zero-order chi connectivity index (χ0) is 14.0. The van der Waals surface area contributed by atoms with E-state index in [9.17, 15) is 0 Å². The average molecular weight is 261 g/mol. The standard InChI is InChI=1S/C15H23N3O/c1-15(2,3)10-6-7-12-13(9-10)18-14(17-12)11(16)5-4-8-19/h6-7,9,11,19H,4-5,8,16H2,1-3H3,(H,17,18)/t11-/m0/s1. The van der Waals surface area contributed by atoms with E-state index in [1.54, 1.807) is 0 Å². The molecule has 1 atom stereocenters. The largest absolute Gasteiger partial charge is 0.396 e. The molecule has 0 bridgehead atoms. The Morgan fingerprint density at radius 3 is 2.74 bits per heavy atom. The summed E-state index contributed by atoms with van der Waals surface area (Å²) in [5, 5.41) is 8.84. The van der Waals surface area contributed by atoms with Gasteiger partial charge in [-0.05, 0) is 36.0 Å². The molecule has 1 heterocycles. The molecule has 0 aliphatic rings. The van der Waals surface area contributed by atoms with Crippen LogP contribution in [0.5, 0.6) is 0 Å². The van der Waals surface area contributed by atoms with Crippen LogP contribution < -0.4 is 5.73 Å². The van der Waals surface area contributed by atoms with E-state index < -0.39 is 0 Å². The Bertz CT molecular complexity index is 554. The Kier molecular flexibility index (Phi) is 3.92. The molecule has 19 heavy (non-hydrogen) atoms. The van der Waals surface area contributed by atoms with Gasteiger partial charge in [-0.1, -0.05) is 26.8 Å². The van der Waals surface area contributed by atoms with E-state index >= 15 is 0 Å². The highest BCUT2D eigenvalue weighted by molar-refractivity contribution is 5.76. The minimum Gasteiger partial charge on any atom is -0.396 e. The minimum atomic E-state index is -0.141. The normalized spacial score (nSPS) is 13.9. The molecule has 4 N–H and O–H groups in total. The fourth-order valence-corrected chi connectivity index (χ4v) is 2.12. The summed E-state index contributed by atoms with van der Waals surface area (Å²) >= 11 is 0. The number of hydrogen-bond acceptors (Lipinski definition) is 3. The van der Waals surface area contributed by atoms with Crippen molar-refractivity contribution in [3.63, 3.8) is 0 Å². The molecule has 1 aromatic carbocycles. The van der Waals surface area contributed by atoms with Crippen LogP contribution in [0.15, 0.2) is 18.2 Å². The highest BCUT2D eigenvalue weighted by Crippen LogP contribution is 2.26. The number of nitrogens with two attached hydrogens (primary N) is 1. The van der Waals surface area contributed by atoms with Crippen molar-refractivity contribution in [1.82, 2.24) is 9.97 Å². The Balaban J connectivity index is 2.30. The van der Waals surface area contributed by atoms with Crippen LogP contribution in [0.2, 0.25) is 0 Å². The van der Waals surface area contributed by atoms with Gasteiger partial charge in [-0.25, -0.2) is 4.98 Å². The lowest BCUT2D eigenvalue weighted by Crippen LogP contribution is -2.12. The van der Waals surface area contributed by atoms with Crippen LogP contribution in [-0.2, 0) is 5.41 Å². The highest BCUT2D eigenvalue weighted by Gasteiger charge is 2.16. The fourth-order valence-electron chi connectivity index (χ4n) is 2.12. The second kappa shape index (κ2) is 5.31. The third kappa shape index (κ3) is 3.14. The number of nitrogens with zero attached hydrogens (tertiary/aromatic N) is 1. The van der Waals surface area contributed by atoms with E-state index in [0.717, 1.165) is 23.3 Å². The molecular formula is C15H23N3O. The van der Waals surface area contributed by atoms with Crippen molar-refractivity contribution in [3.05, 3.63) is 29.6 Å². The molecule has 0 unspecified atom stereocenters. The van der Waals surface area contributed by atoms with E-state index in [0.29, 0.717) is 6.42 Å². The number of H-pyrrole nitrogens is 1. The van der Waals surface area contributed by atoms with Crippen LogP contribution >= 0.6 is 0 Å². The second-order valence-electron chi connectivity index (χ2n) is 6.08. The average Bonchev–Trinajstić information content (AvgIpc) is 2.77. The molecular weight excluding hydrogens is 238 g/mol. The Labute approximate surface area is 114 Å². The number of hydrogen-bond donors (Lipinski definition) is 3. The van der Waals surface area contributed by atoms with Crippen LogP contribution in [0.1, 0.15) is 51.0 Å². The molecule has 4 nitrogen and oxygen atoms in total. The molecule has 0 spiro atoms. The van der Waals surface area contributed by atoms with E-state index in [-0.39, 0.29) is 18.1 Å². The van der Waals surface area contributed by atoms with Crippen LogP contribution in [0.3, 0.4) is 0 Å². The Hall–Kier alpha value is -1.39. The van der Waals surface area contributed by atoms with Crippen LogP contribution in [0.4, 0.5) is 0 Å². The predicted octanol–water partition coefficient (Wildman–Crippen LogP) is 2.63. The maximum Gasteiger partial charge on any atom is 0.124 e. The van der Waals surface area contributed by atoms with E-state index in [2.05, 4.69) is 48.9 Å². The quantitative estimate of drug-likeness (QED) is 0.792. The topological polar surface area (TPSA) is 74.9 Å². The summed E-state index contributed by atoms with van der Waals surface area (Å²) in [4.78, 5) is 7.84. The lowest BCUT2D eigenvalue weighted by molar-refractivity contribution is 0.279. The maximum atomic E-state index is 8.84. The molecule has 0 saturated carbocycles. The summed E-state index contributed by atoms with van der Waals surface area (Å²) in [7, 11) is 0. The summed E-state index contributed by atoms with van der Waals surface area (Å²) in [5.41, 5.74) is 9.42. The molecule has 0 aliphatic carbocycles. The summed E-state index contributed by atoms with van der Waals surface area (Å²) < 4.78 is 0. The van der Waals surface area contributed by atoms with Gasteiger partial charge in [0.2, 0.25) is 0 Å². The van der Waals surface area contributed by atoms with Gasteiger partial charge in [-0.15, -0.1) is 0 Å². The molecule has 0 saturated heterocycles. The summed E-state index contributed by atoms with van der Waals surface area (Å²) in [6, 6.07) is 6.17. The van der Waals surface area contributed by atoms with Crippen LogP contribution in [0, 0.1) is 0 Å². The second-order valence-corrected chi connectivity index (χ2v) is 6.08. The molecule has 0 amide bonds. The number of aromatic nitrogens is 2. The summed E-state index contributed by atoms with van der Waals surface area (Å²) in [5.74, 6) is 0.800. The number of benzene rings is 1. The smallest absolute Gasteiger partial charge is 0.124 e. The van der Waals surface area contributed by atoms with Crippen molar-refractivity contribution < 1.29 is 5.11 Å². The van der Waals surface area contributed by atoms with Gasteiger partial charge in [0.1, 0.15) is 5.82 Å². The zero-order valence-corrected chi connectivity index (χ0v) is 11.9. The van der Waals surface area contributed by atoms with Gasteiger partial charge >= 0.3 is 0 Å². The molecule has 0 fully saturated rings. The van der Waals surface area contributed by atoms with E-state index in [4.69, 9.17) is 10.8 Å². The lowest BCUT2D eigenvalue weighted by atomic mass is 9.87.